The molecule has 3 rings (SSSR count). The third-order valence-corrected chi connectivity index (χ3v) is 2.73. The summed E-state index contributed by atoms with van der Waals surface area (Å²) in [6.45, 7) is 0.507. The second-order valence-electron chi connectivity index (χ2n) is 3.89. The standard InChI is InChI=1S/C13H12N2O2/c16-9-12-6-5-11(17-12)8-15-13-4-2-1-3-10(13)7-14-15/h1-7,16H,8-9H2. The Balaban J connectivity index is 1.94. The first-order valence-electron chi connectivity index (χ1n) is 5.46. The van der Waals surface area contributed by atoms with Crippen LogP contribution >= 0.6 is 0 Å². The molecule has 2 heterocycles. The van der Waals surface area contributed by atoms with Crippen molar-refractivity contribution in [1.82, 2.24) is 9.78 Å². The van der Waals surface area contributed by atoms with Gasteiger partial charge in [-0.15, -0.1) is 0 Å². The van der Waals surface area contributed by atoms with Crippen molar-refractivity contribution < 1.29 is 9.52 Å². The van der Waals surface area contributed by atoms with E-state index in [0.717, 1.165) is 16.7 Å². The summed E-state index contributed by atoms with van der Waals surface area (Å²) in [5.41, 5.74) is 1.08. The third-order valence-electron chi connectivity index (χ3n) is 2.73. The van der Waals surface area contributed by atoms with Crippen LogP contribution in [-0.2, 0) is 13.2 Å². The lowest BCUT2D eigenvalue weighted by atomic mass is 10.2. The molecule has 1 N–H and O–H groups in total. The summed E-state index contributed by atoms with van der Waals surface area (Å²) in [5.74, 6) is 1.37. The number of aliphatic hydroxyl groups is 1. The fourth-order valence-electron chi connectivity index (χ4n) is 1.89. The first-order chi connectivity index (χ1) is 8.36. The Morgan fingerprint density at radius 3 is 2.76 bits per heavy atom. The zero-order valence-electron chi connectivity index (χ0n) is 9.21. The van der Waals surface area contributed by atoms with Crippen LogP contribution in [0.15, 0.2) is 47.0 Å². The molecule has 0 aliphatic heterocycles. The zero-order valence-corrected chi connectivity index (χ0v) is 9.21. The maximum atomic E-state index is 8.93. The van der Waals surface area contributed by atoms with Crippen molar-refractivity contribution in [3.05, 3.63) is 54.1 Å². The molecule has 0 spiro atoms. The lowest BCUT2D eigenvalue weighted by Crippen LogP contribution is -1.99. The van der Waals surface area contributed by atoms with E-state index in [0.29, 0.717) is 12.3 Å². The van der Waals surface area contributed by atoms with Crippen LogP contribution < -0.4 is 0 Å². The number of rotatable bonds is 3. The van der Waals surface area contributed by atoms with E-state index in [4.69, 9.17) is 9.52 Å². The molecule has 0 unspecified atom stereocenters. The van der Waals surface area contributed by atoms with Crippen molar-refractivity contribution in [2.24, 2.45) is 0 Å². The van der Waals surface area contributed by atoms with Crippen molar-refractivity contribution in [1.29, 1.82) is 0 Å². The molecule has 17 heavy (non-hydrogen) atoms. The first kappa shape index (κ1) is 10.1. The number of hydrogen-bond donors (Lipinski definition) is 1. The van der Waals surface area contributed by atoms with Gasteiger partial charge in [0.05, 0.1) is 18.3 Å². The van der Waals surface area contributed by atoms with E-state index in [2.05, 4.69) is 5.10 Å². The molecule has 0 aliphatic carbocycles. The van der Waals surface area contributed by atoms with E-state index >= 15 is 0 Å². The predicted octanol–water partition coefficient (Wildman–Crippen LogP) is 2.17. The molecule has 0 saturated heterocycles. The molecule has 1 aromatic carbocycles. The minimum Gasteiger partial charge on any atom is -0.462 e. The van der Waals surface area contributed by atoms with E-state index in [-0.39, 0.29) is 6.61 Å². The lowest BCUT2D eigenvalue weighted by Gasteiger charge is -2.00. The summed E-state index contributed by atoms with van der Waals surface area (Å²) in [4.78, 5) is 0. The SMILES string of the molecule is OCc1ccc(Cn2ncc3ccccc32)o1. The fraction of sp³-hybridized carbons (Fsp3) is 0.154. The van der Waals surface area contributed by atoms with E-state index in [1.807, 2.05) is 41.2 Å². The molecule has 86 valence electrons. The summed E-state index contributed by atoms with van der Waals surface area (Å²) in [6.07, 6.45) is 1.84. The van der Waals surface area contributed by atoms with Gasteiger partial charge in [-0.2, -0.15) is 5.10 Å². The van der Waals surface area contributed by atoms with Gasteiger partial charge >= 0.3 is 0 Å². The topological polar surface area (TPSA) is 51.2 Å². The van der Waals surface area contributed by atoms with Crippen LogP contribution in [0.4, 0.5) is 0 Å². The van der Waals surface area contributed by atoms with Crippen molar-refractivity contribution in [3.63, 3.8) is 0 Å². The molecular weight excluding hydrogens is 216 g/mol. The highest BCUT2D eigenvalue weighted by Gasteiger charge is 2.05. The molecule has 0 amide bonds. The van der Waals surface area contributed by atoms with Crippen molar-refractivity contribution in [2.75, 3.05) is 0 Å². The number of benzene rings is 1. The molecule has 0 atom stereocenters. The molecule has 4 heteroatoms. The van der Waals surface area contributed by atoms with Gasteiger partial charge in [-0.3, -0.25) is 4.68 Å². The van der Waals surface area contributed by atoms with Crippen LogP contribution in [0.5, 0.6) is 0 Å². The normalized spacial score (nSPS) is 11.1. The van der Waals surface area contributed by atoms with Crippen LogP contribution in [0.3, 0.4) is 0 Å². The quantitative estimate of drug-likeness (QED) is 0.747. The second-order valence-corrected chi connectivity index (χ2v) is 3.89. The van der Waals surface area contributed by atoms with Crippen molar-refractivity contribution in [3.8, 4) is 0 Å². The van der Waals surface area contributed by atoms with Crippen LogP contribution in [0.1, 0.15) is 11.5 Å². The van der Waals surface area contributed by atoms with E-state index in [1.54, 1.807) is 6.07 Å². The Morgan fingerprint density at radius 1 is 1.12 bits per heavy atom. The van der Waals surface area contributed by atoms with Gasteiger partial charge in [-0.25, -0.2) is 0 Å². The molecule has 0 aliphatic rings. The van der Waals surface area contributed by atoms with Gasteiger partial charge in [0.25, 0.3) is 0 Å². The van der Waals surface area contributed by atoms with E-state index in [9.17, 15) is 0 Å². The van der Waals surface area contributed by atoms with E-state index < -0.39 is 0 Å². The maximum absolute atomic E-state index is 8.93. The van der Waals surface area contributed by atoms with Gasteiger partial charge in [0.2, 0.25) is 0 Å². The van der Waals surface area contributed by atoms with Gasteiger partial charge in [0.15, 0.2) is 0 Å². The summed E-state index contributed by atoms with van der Waals surface area (Å²) < 4.78 is 7.33. The van der Waals surface area contributed by atoms with Gasteiger partial charge in [-0.1, -0.05) is 18.2 Å². The summed E-state index contributed by atoms with van der Waals surface area (Å²) in [6, 6.07) is 11.7. The molecule has 2 aromatic heterocycles. The Bertz CT molecular complexity index is 639. The van der Waals surface area contributed by atoms with Crippen molar-refractivity contribution in [2.45, 2.75) is 13.2 Å². The van der Waals surface area contributed by atoms with Crippen molar-refractivity contribution >= 4 is 10.9 Å². The monoisotopic (exact) mass is 228 g/mol. The minimum atomic E-state index is -0.0696. The smallest absolute Gasteiger partial charge is 0.129 e. The van der Waals surface area contributed by atoms with E-state index in [1.165, 1.54) is 0 Å². The third kappa shape index (κ3) is 1.83. The van der Waals surface area contributed by atoms with Crippen LogP contribution in [0.2, 0.25) is 0 Å². The second kappa shape index (κ2) is 4.07. The molecule has 0 fully saturated rings. The highest BCUT2D eigenvalue weighted by Crippen LogP contribution is 2.15. The fourth-order valence-corrected chi connectivity index (χ4v) is 1.89. The lowest BCUT2D eigenvalue weighted by molar-refractivity contribution is 0.242. The number of para-hydroxylation sites is 1. The number of hydrogen-bond acceptors (Lipinski definition) is 3. The minimum absolute atomic E-state index is 0.0696. The van der Waals surface area contributed by atoms with Crippen LogP contribution in [-0.4, -0.2) is 14.9 Å². The largest absolute Gasteiger partial charge is 0.462 e. The molecular formula is C13H12N2O2. The number of furan rings is 1. The van der Waals surface area contributed by atoms with Gasteiger partial charge < -0.3 is 9.52 Å². The highest BCUT2D eigenvalue weighted by molar-refractivity contribution is 5.78. The maximum Gasteiger partial charge on any atom is 0.129 e. The Labute approximate surface area is 98.1 Å². The highest BCUT2D eigenvalue weighted by atomic mass is 16.4. The molecule has 0 radical (unpaired) electrons. The number of fused-ring (bicyclic) bond motifs is 1. The molecule has 4 nitrogen and oxygen atoms in total. The Morgan fingerprint density at radius 2 is 1.94 bits per heavy atom. The predicted molar refractivity (Wildman–Crippen MR) is 63.5 cm³/mol. The van der Waals surface area contributed by atoms with Gasteiger partial charge in [0.1, 0.15) is 18.1 Å². The number of aromatic nitrogens is 2. The Hall–Kier alpha value is -2.07. The van der Waals surface area contributed by atoms with Gasteiger partial charge in [0, 0.05) is 5.39 Å². The average Bonchev–Trinajstić information content (AvgIpc) is 2.97. The first-order valence-corrected chi connectivity index (χ1v) is 5.46. The zero-order chi connectivity index (χ0) is 11.7. The van der Waals surface area contributed by atoms with Crippen LogP contribution in [0.25, 0.3) is 10.9 Å². The van der Waals surface area contributed by atoms with Crippen LogP contribution in [0, 0.1) is 0 Å². The molecule has 3 aromatic rings. The Kier molecular flexibility index (Phi) is 2.42. The summed E-state index contributed by atoms with van der Waals surface area (Å²) >= 11 is 0. The number of aliphatic hydroxyl groups excluding tert-OH is 1. The molecule has 0 saturated carbocycles. The summed E-state index contributed by atoms with van der Waals surface area (Å²) in [7, 11) is 0. The average molecular weight is 228 g/mol. The molecule has 0 bridgehead atoms. The number of nitrogens with zero attached hydrogens (tertiary/aromatic N) is 2. The summed E-state index contributed by atoms with van der Waals surface area (Å²) in [5, 5.41) is 14.4. The van der Waals surface area contributed by atoms with Gasteiger partial charge in [-0.05, 0) is 18.2 Å².